The van der Waals surface area contributed by atoms with Gasteiger partial charge in [-0.2, -0.15) is 0 Å². The highest BCUT2D eigenvalue weighted by atomic mass is 32.1. The molecule has 0 aliphatic heterocycles. The van der Waals surface area contributed by atoms with Crippen LogP contribution in [-0.2, 0) is 0 Å². The molecule has 0 saturated carbocycles. The van der Waals surface area contributed by atoms with Crippen molar-refractivity contribution in [3.05, 3.63) is 64.1 Å². The molecule has 1 unspecified atom stereocenters. The number of halogens is 1. The molecule has 3 aromatic rings. The summed E-state index contributed by atoms with van der Waals surface area (Å²) in [7, 11) is 3.57. The van der Waals surface area contributed by atoms with Crippen LogP contribution in [0, 0.1) is 5.82 Å². The van der Waals surface area contributed by atoms with Crippen molar-refractivity contribution in [2.75, 3.05) is 14.2 Å². The SMILES string of the molecule is CNC(c1sccc1OC)c1ccc(F)c2ccccc12. The van der Waals surface area contributed by atoms with E-state index in [1.807, 2.05) is 48.8 Å². The standard InChI is InChI=1S/C17H16FNOS/c1-19-16(17-15(20-2)9-10-21-17)13-7-8-14(18)12-6-4-3-5-11(12)13/h3-10,16,19H,1-2H3. The molecule has 4 heteroatoms. The number of nitrogens with one attached hydrogen (secondary N) is 1. The Morgan fingerprint density at radius 2 is 1.86 bits per heavy atom. The molecule has 2 aromatic carbocycles. The number of thiophene rings is 1. The number of fused-ring (bicyclic) bond motifs is 1. The van der Waals surface area contributed by atoms with Crippen LogP contribution in [0.25, 0.3) is 10.8 Å². The van der Waals surface area contributed by atoms with Gasteiger partial charge in [0.15, 0.2) is 0 Å². The number of hydrogen-bond acceptors (Lipinski definition) is 3. The fourth-order valence-corrected chi connectivity index (χ4v) is 3.64. The van der Waals surface area contributed by atoms with E-state index in [2.05, 4.69) is 5.32 Å². The summed E-state index contributed by atoms with van der Waals surface area (Å²) in [5.41, 5.74) is 1.05. The van der Waals surface area contributed by atoms with Gasteiger partial charge >= 0.3 is 0 Å². The minimum absolute atomic E-state index is 0.0227. The van der Waals surface area contributed by atoms with Crippen molar-refractivity contribution in [1.29, 1.82) is 0 Å². The summed E-state index contributed by atoms with van der Waals surface area (Å²) in [6.07, 6.45) is 0. The summed E-state index contributed by atoms with van der Waals surface area (Å²) in [6.45, 7) is 0. The predicted octanol–water partition coefficient (Wildman–Crippen LogP) is 4.36. The second-order valence-corrected chi connectivity index (χ2v) is 5.70. The Labute approximate surface area is 127 Å². The topological polar surface area (TPSA) is 21.3 Å². The van der Waals surface area contributed by atoms with Crippen molar-refractivity contribution in [1.82, 2.24) is 5.32 Å². The van der Waals surface area contributed by atoms with Crippen molar-refractivity contribution in [2.24, 2.45) is 0 Å². The first-order valence-electron chi connectivity index (χ1n) is 6.72. The number of ether oxygens (including phenoxy) is 1. The molecule has 0 amide bonds. The molecule has 2 nitrogen and oxygen atoms in total. The van der Waals surface area contributed by atoms with Crippen LogP contribution in [0.2, 0.25) is 0 Å². The minimum atomic E-state index is -0.192. The van der Waals surface area contributed by atoms with Crippen LogP contribution in [0.3, 0.4) is 0 Å². The van der Waals surface area contributed by atoms with Gasteiger partial charge in [-0.15, -0.1) is 11.3 Å². The maximum atomic E-state index is 14.0. The zero-order valence-electron chi connectivity index (χ0n) is 11.9. The summed E-state index contributed by atoms with van der Waals surface area (Å²) >= 11 is 1.63. The highest BCUT2D eigenvalue weighted by Crippen LogP contribution is 2.37. The van der Waals surface area contributed by atoms with Crippen molar-refractivity contribution >= 4 is 22.1 Å². The summed E-state index contributed by atoms with van der Waals surface area (Å²) in [5, 5.41) is 6.89. The van der Waals surface area contributed by atoms with E-state index in [9.17, 15) is 4.39 Å². The van der Waals surface area contributed by atoms with E-state index in [1.54, 1.807) is 18.4 Å². The van der Waals surface area contributed by atoms with Gasteiger partial charge in [-0.1, -0.05) is 30.3 Å². The quantitative estimate of drug-likeness (QED) is 0.773. The molecule has 1 heterocycles. The van der Waals surface area contributed by atoms with Crippen LogP contribution >= 0.6 is 11.3 Å². The summed E-state index contributed by atoms with van der Waals surface area (Å²) in [5.74, 6) is 0.662. The van der Waals surface area contributed by atoms with Crippen molar-refractivity contribution in [3.63, 3.8) is 0 Å². The largest absolute Gasteiger partial charge is 0.496 e. The van der Waals surface area contributed by atoms with Crippen molar-refractivity contribution < 1.29 is 9.13 Å². The maximum absolute atomic E-state index is 14.0. The minimum Gasteiger partial charge on any atom is -0.496 e. The molecule has 108 valence electrons. The van der Waals surface area contributed by atoms with E-state index in [0.717, 1.165) is 21.6 Å². The predicted molar refractivity (Wildman–Crippen MR) is 85.7 cm³/mol. The second kappa shape index (κ2) is 5.84. The van der Waals surface area contributed by atoms with E-state index in [4.69, 9.17) is 4.74 Å². The Hall–Kier alpha value is -1.91. The summed E-state index contributed by atoms with van der Waals surface area (Å²) in [4.78, 5) is 1.09. The van der Waals surface area contributed by atoms with E-state index in [-0.39, 0.29) is 11.9 Å². The highest BCUT2D eigenvalue weighted by molar-refractivity contribution is 7.10. The van der Waals surface area contributed by atoms with E-state index in [1.165, 1.54) is 6.07 Å². The molecule has 1 atom stereocenters. The fraction of sp³-hybridized carbons (Fsp3) is 0.176. The Kier molecular flexibility index (Phi) is 3.90. The van der Waals surface area contributed by atoms with Gasteiger partial charge in [-0.05, 0) is 35.5 Å². The Morgan fingerprint density at radius 1 is 1.10 bits per heavy atom. The lowest BCUT2D eigenvalue weighted by Crippen LogP contribution is -2.17. The number of rotatable bonds is 4. The van der Waals surface area contributed by atoms with Crippen molar-refractivity contribution in [2.45, 2.75) is 6.04 Å². The molecule has 0 aliphatic rings. The van der Waals surface area contributed by atoms with Crippen LogP contribution in [0.4, 0.5) is 4.39 Å². The molecular weight excluding hydrogens is 285 g/mol. The van der Waals surface area contributed by atoms with Gasteiger partial charge in [0.1, 0.15) is 11.6 Å². The molecule has 0 aliphatic carbocycles. The molecule has 0 fully saturated rings. The third kappa shape index (κ3) is 2.41. The fourth-order valence-electron chi connectivity index (χ4n) is 2.65. The molecule has 0 radical (unpaired) electrons. The average Bonchev–Trinajstić information content (AvgIpc) is 2.99. The van der Waals surface area contributed by atoms with Gasteiger partial charge in [-0.25, -0.2) is 4.39 Å². The molecule has 0 bridgehead atoms. The van der Waals surface area contributed by atoms with Crippen LogP contribution in [0.15, 0.2) is 47.8 Å². The molecule has 0 saturated heterocycles. The Bertz CT molecular complexity index is 768. The van der Waals surface area contributed by atoms with Crippen LogP contribution < -0.4 is 10.1 Å². The van der Waals surface area contributed by atoms with Crippen LogP contribution in [-0.4, -0.2) is 14.2 Å². The molecular formula is C17H16FNOS. The van der Waals surface area contributed by atoms with Gasteiger partial charge in [-0.3, -0.25) is 0 Å². The van der Waals surface area contributed by atoms with Gasteiger partial charge < -0.3 is 10.1 Å². The lowest BCUT2D eigenvalue weighted by Gasteiger charge is -2.19. The average molecular weight is 301 g/mol. The molecule has 3 rings (SSSR count). The third-order valence-electron chi connectivity index (χ3n) is 3.64. The van der Waals surface area contributed by atoms with Crippen LogP contribution in [0.1, 0.15) is 16.5 Å². The lowest BCUT2D eigenvalue weighted by molar-refractivity contribution is 0.409. The van der Waals surface area contributed by atoms with E-state index < -0.39 is 0 Å². The highest BCUT2D eigenvalue weighted by Gasteiger charge is 2.20. The van der Waals surface area contributed by atoms with Gasteiger partial charge in [0.2, 0.25) is 0 Å². The lowest BCUT2D eigenvalue weighted by atomic mass is 9.97. The number of methoxy groups -OCH3 is 1. The van der Waals surface area contributed by atoms with Gasteiger partial charge in [0.05, 0.1) is 18.0 Å². The zero-order chi connectivity index (χ0) is 14.8. The third-order valence-corrected chi connectivity index (χ3v) is 4.61. The number of benzene rings is 2. The second-order valence-electron chi connectivity index (χ2n) is 4.76. The Balaban J connectivity index is 2.20. The monoisotopic (exact) mass is 301 g/mol. The molecule has 21 heavy (non-hydrogen) atoms. The molecule has 1 aromatic heterocycles. The molecule has 1 N–H and O–H groups in total. The first kappa shape index (κ1) is 14.0. The zero-order valence-corrected chi connectivity index (χ0v) is 12.7. The van der Waals surface area contributed by atoms with Gasteiger partial charge in [0, 0.05) is 5.39 Å². The summed E-state index contributed by atoms with van der Waals surface area (Å²) in [6, 6.07) is 12.9. The first-order chi connectivity index (χ1) is 10.3. The summed E-state index contributed by atoms with van der Waals surface area (Å²) < 4.78 is 19.4. The normalized spacial score (nSPS) is 12.5. The van der Waals surface area contributed by atoms with Gasteiger partial charge in [0.25, 0.3) is 0 Å². The van der Waals surface area contributed by atoms with E-state index in [0.29, 0.717) is 5.39 Å². The Morgan fingerprint density at radius 3 is 2.57 bits per heavy atom. The smallest absolute Gasteiger partial charge is 0.134 e. The van der Waals surface area contributed by atoms with E-state index >= 15 is 0 Å². The first-order valence-corrected chi connectivity index (χ1v) is 7.60. The van der Waals surface area contributed by atoms with Crippen LogP contribution in [0.5, 0.6) is 5.75 Å². The maximum Gasteiger partial charge on any atom is 0.134 e. The van der Waals surface area contributed by atoms with Crippen molar-refractivity contribution in [3.8, 4) is 5.75 Å². The number of hydrogen-bond donors (Lipinski definition) is 1. The molecule has 0 spiro atoms.